The van der Waals surface area contributed by atoms with Crippen LogP contribution >= 0.6 is 0 Å². The monoisotopic (exact) mass is 386 g/mol. The Hall–Kier alpha value is -2.01. The second-order valence-corrected chi connectivity index (χ2v) is 5.69. The number of halogens is 6. The Morgan fingerprint density at radius 1 is 1.04 bits per heavy atom. The van der Waals surface area contributed by atoms with E-state index in [2.05, 4.69) is 0 Å². The van der Waals surface area contributed by atoms with Crippen LogP contribution in [0.2, 0.25) is 0 Å². The van der Waals surface area contributed by atoms with Gasteiger partial charge in [-0.1, -0.05) is 12.1 Å². The summed E-state index contributed by atoms with van der Waals surface area (Å²) in [5, 5.41) is 9.35. The molecule has 0 radical (unpaired) electrons. The Morgan fingerprint density at radius 2 is 1.50 bits per heavy atom. The van der Waals surface area contributed by atoms with Crippen molar-refractivity contribution in [3.05, 3.63) is 29.8 Å². The topological polar surface area (TPSA) is 53.0 Å². The lowest BCUT2D eigenvalue weighted by Gasteiger charge is -2.33. The molecule has 1 aromatic rings. The first-order valence-corrected chi connectivity index (χ1v) is 7.46. The maximum absolute atomic E-state index is 12.9. The van der Waals surface area contributed by atoms with Gasteiger partial charge in [-0.05, 0) is 12.1 Å². The van der Waals surface area contributed by atoms with Crippen LogP contribution < -0.4 is 4.90 Å². The zero-order chi connectivity index (χ0) is 19.8. The van der Waals surface area contributed by atoms with Gasteiger partial charge in [0.1, 0.15) is 0 Å². The molecule has 1 heterocycles. The molecule has 0 saturated carbocycles. The number of alkyl halides is 6. The SMILES string of the molecule is CN(C(=O)N1CCOCC1)c1ccc(C(O)(C(F)(F)F)C(F)(F)F)cc1. The Morgan fingerprint density at radius 3 is 1.92 bits per heavy atom. The molecule has 0 aromatic heterocycles. The summed E-state index contributed by atoms with van der Waals surface area (Å²) in [5.74, 6) is 0. The first-order chi connectivity index (χ1) is 11.9. The lowest BCUT2D eigenvalue weighted by Crippen LogP contribution is -2.53. The Bertz CT molecular complexity index is 624. The van der Waals surface area contributed by atoms with E-state index in [0.29, 0.717) is 38.4 Å². The molecule has 2 rings (SSSR count). The molecular formula is C15H16F6N2O3. The standard InChI is InChI=1S/C15H16F6N2O3/c1-22(12(24)23-6-8-26-9-7-23)11-4-2-10(3-5-11)13(25,14(16,17)18)15(19,20)21/h2-5,25H,6-9H2,1H3. The number of carbonyl (C=O) groups excluding carboxylic acids is 1. The molecule has 1 aromatic carbocycles. The van der Waals surface area contributed by atoms with E-state index in [-0.39, 0.29) is 5.69 Å². The average Bonchev–Trinajstić information content (AvgIpc) is 2.58. The van der Waals surface area contributed by atoms with Crippen molar-refractivity contribution in [2.24, 2.45) is 0 Å². The molecule has 0 bridgehead atoms. The Labute approximate surface area is 144 Å². The van der Waals surface area contributed by atoms with Gasteiger partial charge in [0.2, 0.25) is 0 Å². The van der Waals surface area contributed by atoms with E-state index in [1.165, 1.54) is 11.9 Å². The first-order valence-electron chi connectivity index (χ1n) is 7.46. The highest BCUT2D eigenvalue weighted by Gasteiger charge is 2.71. The molecule has 11 heteroatoms. The number of hydrogen-bond donors (Lipinski definition) is 1. The molecule has 146 valence electrons. The van der Waals surface area contributed by atoms with Gasteiger partial charge >= 0.3 is 18.4 Å². The van der Waals surface area contributed by atoms with Gasteiger partial charge in [0.05, 0.1) is 13.2 Å². The van der Waals surface area contributed by atoms with E-state index in [0.717, 1.165) is 17.0 Å². The normalized spacial score (nSPS) is 16.5. The van der Waals surface area contributed by atoms with Crippen LogP contribution in [0.3, 0.4) is 0 Å². The highest BCUT2D eigenvalue weighted by Crippen LogP contribution is 2.50. The molecule has 5 nitrogen and oxygen atoms in total. The maximum atomic E-state index is 12.9. The zero-order valence-electron chi connectivity index (χ0n) is 13.6. The third kappa shape index (κ3) is 3.58. The number of urea groups is 1. The molecule has 2 amide bonds. The molecule has 0 unspecified atom stereocenters. The van der Waals surface area contributed by atoms with Crippen molar-refractivity contribution in [2.75, 3.05) is 38.3 Å². The highest BCUT2D eigenvalue weighted by molar-refractivity contribution is 5.91. The second kappa shape index (κ2) is 6.95. The van der Waals surface area contributed by atoms with Crippen LogP contribution in [0, 0.1) is 0 Å². The molecule has 1 N–H and O–H groups in total. The minimum atomic E-state index is -5.96. The number of carbonyl (C=O) groups is 1. The summed E-state index contributed by atoms with van der Waals surface area (Å²) < 4.78 is 82.3. The fraction of sp³-hybridized carbons (Fsp3) is 0.533. The van der Waals surface area contributed by atoms with Crippen LogP contribution in [-0.2, 0) is 10.3 Å². The van der Waals surface area contributed by atoms with E-state index in [1.54, 1.807) is 0 Å². The minimum absolute atomic E-state index is 0.0805. The lowest BCUT2D eigenvalue weighted by molar-refractivity contribution is -0.376. The third-order valence-electron chi connectivity index (χ3n) is 4.06. The number of aliphatic hydroxyl groups is 1. The number of hydrogen-bond acceptors (Lipinski definition) is 3. The number of morpholine rings is 1. The van der Waals surface area contributed by atoms with Gasteiger partial charge in [-0.25, -0.2) is 4.79 Å². The summed E-state index contributed by atoms with van der Waals surface area (Å²) in [6.07, 6.45) is -11.9. The molecule has 0 aliphatic carbocycles. The van der Waals surface area contributed by atoms with E-state index in [4.69, 9.17) is 4.74 Å². The van der Waals surface area contributed by atoms with Gasteiger partial charge in [-0.2, -0.15) is 26.3 Å². The number of ether oxygens (including phenoxy) is 1. The first kappa shape index (κ1) is 20.3. The fourth-order valence-corrected chi connectivity index (χ4v) is 2.49. The van der Waals surface area contributed by atoms with Crippen LogP contribution in [0.5, 0.6) is 0 Å². The summed E-state index contributed by atoms with van der Waals surface area (Å²) in [6, 6.07) is 2.35. The van der Waals surface area contributed by atoms with Gasteiger partial charge in [-0.15, -0.1) is 0 Å². The minimum Gasteiger partial charge on any atom is -0.378 e. The summed E-state index contributed by atoms with van der Waals surface area (Å²) in [6.45, 7) is 1.32. The quantitative estimate of drug-likeness (QED) is 0.796. The van der Waals surface area contributed by atoms with Gasteiger partial charge in [0, 0.05) is 31.4 Å². The van der Waals surface area contributed by atoms with Crippen molar-refractivity contribution < 1.29 is 41.0 Å². The number of amides is 2. The molecule has 26 heavy (non-hydrogen) atoms. The van der Waals surface area contributed by atoms with E-state index < -0.39 is 29.5 Å². The summed E-state index contributed by atoms with van der Waals surface area (Å²) in [4.78, 5) is 14.8. The Kier molecular flexibility index (Phi) is 5.43. The molecule has 0 spiro atoms. The summed E-state index contributed by atoms with van der Waals surface area (Å²) in [5.41, 5.74) is -6.30. The number of anilines is 1. The van der Waals surface area contributed by atoms with Crippen molar-refractivity contribution in [3.8, 4) is 0 Å². The van der Waals surface area contributed by atoms with Gasteiger partial charge < -0.3 is 14.7 Å². The van der Waals surface area contributed by atoms with E-state index >= 15 is 0 Å². The van der Waals surface area contributed by atoms with Crippen LogP contribution in [0.25, 0.3) is 0 Å². The van der Waals surface area contributed by atoms with E-state index in [9.17, 15) is 36.2 Å². The lowest BCUT2D eigenvalue weighted by atomic mass is 9.92. The van der Waals surface area contributed by atoms with Crippen LogP contribution in [0.15, 0.2) is 24.3 Å². The fourth-order valence-electron chi connectivity index (χ4n) is 2.49. The van der Waals surface area contributed by atoms with Crippen molar-refractivity contribution in [1.29, 1.82) is 0 Å². The van der Waals surface area contributed by atoms with Gasteiger partial charge in [0.25, 0.3) is 5.60 Å². The van der Waals surface area contributed by atoms with Crippen LogP contribution in [-0.4, -0.2) is 61.7 Å². The molecule has 1 saturated heterocycles. The summed E-state index contributed by atoms with van der Waals surface area (Å²) >= 11 is 0. The smallest absolute Gasteiger partial charge is 0.378 e. The number of nitrogens with zero attached hydrogens (tertiary/aromatic N) is 2. The predicted molar refractivity (Wildman–Crippen MR) is 78.6 cm³/mol. The molecule has 1 aliphatic rings. The van der Waals surface area contributed by atoms with Crippen molar-refractivity contribution in [1.82, 2.24) is 4.90 Å². The second-order valence-electron chi connectivity index (χ2n) is 5.69. The van der Waals surface area contributed by atoms with Gasteiger partial charge in [-0.3, -0.25) is 4.90 Å². The third-order valence-corrected chi connectivity index (χ3v) is 4.06. The molecule has 0 atom stereocenters. The molecule has 1 fully saturated rings. The Balaban J connectivity index is 2.27. The van der Waals surface area contributed by atoms with Crippen LogP contribution in [0.1, 0.15) is 5.56 Å². The largest absolute Gasteiger partial charge is 0.430 e. The van der Waals surface area contributed by atoms with Crippen molar-refractivity contribution in [3.63, 3.8) is 0 Å². The molecule has 1 aliphatic heterocycles. The van der Waals surface area contributed by atoms with Gasteiger partial charge in [0.15, 0.2) is 0 Å². The number of benzene rings is 1. The molecular weight excluding hydrogens is 370 g/mol. The van der Waals surface area contributed by atoms with E-state index in [1.807, 2.05) is 0 Å². The highest BCUT2D eigenvalue weighted by atomic mass is 19.4. The van der Waals surface area contributed by atoms with Crippen LogP contribution in [0.4, 0.5) is 36.8 Å². The maximum Gasteiger partial charge on any atom is 0.430 e. The average molecular weight is 386 g/mol. The van der Waals surface area contributed by atoms with Crippen molar-refractivity contribution >= 4 is 11.7 Å². The predicted octanol–water partition coefficient (Wildman–Crippen LogP) is 2.89. The summed E-state index contributed by atoms with van der Waals surface area (Å²) in [7, 11) is 1.34. The number of rotatable bonds is 2. The zero-order valence-corrected chi connectivity index (χ0v) is 13.6. The van der Waals surface area contributed by atoms with Crippen molar-refractivity contribution in [2.45, 2.75) is 18.0 Å².